The Balaban J connectivity index is 2.33. The summed E-state index contributed by atoms with van der Waals surface area (Å²) in [7, 11) is 1.91. The molecule has 1 heterocycles. The van der Waals surface area contributed by atoms with E-state index >= 15 is 0 Å². The van der Waals surface area contributed by atoms with Gasteiger partial charge in [-0.05, 0) is 26.5 Å². The monoisotopic (exact) mass is 280 g/mol. The van der Waals surface area contributed by atoms with Gasteiger partial charge in [0.2, 0.25) is 0 Å². The minimum Gasteiger partial charge on any atom is -0.379 e. The first kappa shape index (κ1) is 15.4. The van der Waals surface area contributed by atoms with Gasteiger partial charge in [0, 0.05) is 24.2 Å². The minimum atomic E-state index is -0.139. The molecule has 0 amide bonds. The van der Waals surface area contributed by atoms with Crippen LogP contribution in [0.2, 0.25) is 0 Å². The van der Waals surface area contributed by atoms with Crippen molar-refractivity contribution in [2.75, 3.05) is 33.4 Å². The van der Waals surface area contributed by atoms with Gasteiger partial charge >= 0.3 is 0 Å². The standard InChI is InChI=1S/C16H25FN2O/c1-4-16(2,19-9-11-20-12-10-19)15(18-3)13-7-5-6-8-14(13)17/h5-8,15,18H,4,9-12H2,1-3H3. The molecular weight excluding hydrogens is 255 g/mol. The van der Waals surface area contributed by atoms with Crippen LogP contribution in [0.4, 0.5) is 4.39 Å². The summed E-state index contributed by atoms with van der Waals surface area (Å²) < 4.78 is 19.6. The van der Waals surface area contributed by atoms with Gasteiger partial charge in [-0.2, -0.15) is 0 Å². The van der Waals surface area contributed by atoms with Gasteiger partial charge in [0.05, 0.1) is 19.3 Å². The van der Waals surface area contributed by atoms with Crippen LogP contribution in [-0.2, 0) is 4.74 Å². The zero-order chi connectivity index (χ0) is 14.6. The van der Waals surface area contributed by atoms with Crippen LogP contribution in [0.5, 0.6) is 0 Å². The molecule has 4 heteroatoms. The number of hydrogen-bond acceptors (Lipinski definition) is 3. The molecule has 3 nitrogen and oxygen atoms in total. The second kappa shape index (κ2) is 6.66. The van der Waals surface area contributed by atoms with E-state index in [0.29, 0.717) is 0 Å². The average molecular weight is 280 g/mol. The highest BCUT2D eigenvalue weighted by Crippen LogP contribution is 2.35. The van der Waals surface area contributed by atoms with Gasteiger partial charge < -0.3 is 10.1 Å². The Hall–Kier alpha value is -0.970. The highest BCUT2D eigenvalue weighted by Gasteiger charge is 2.39. The molecule has 1 aromatic rings. The Kier molecular flexibility index (Phi) is 5.13. The van der Waals surface area contributed by atoms with Crippen LogP contribution in [0.1, 0.15) is 31.9 Å². The van der Waals surface area contributed by atoms with Gasteiger partial charge in [0.1, 0.15) is 5.82 Å². The van der Waals surface area contributed by atoms with Crippen molar-refractivity contribution >= 4 is 0 Å². The first-order valence-electron chi connectivity index (χ1n) is 7.38. The summed E-state index contributed by atoms with van der Waals surface area (Å²) in [6.07, 6.45) is 0.951. The Bertz CT molecular complexity index is 434. The molecule has 0 radical (unpaired) electrons. The molecule has 112 valence electrons. The number of morpholine rings is 1. The van der Waals surface area contributed by atoms with Crippen molar-refractivity contribution in [3.8, 4) is 0 Å². The van der Waals surface area contributed by atoms with E-state index < -0.39 is 0 Å². The maximum atomic E-state index is 14.2. The summed E-state index contributed by atoms with van der Waals surface area (Å²) >= 11 is 0. The fraction of sp³-hybridized carbons (Fsp3) is 0.625. The number of nitrogens with zero attached hydrogens (tertiary/aromatic N) is 1. The van der Waals surface area contributed by atoms with Gasteiger partial charge in [-0.3, -0.25) is 4.90 Å². The van der Waals surface area contributed by atoms with E-state index in [1.54, 1.807) is 6.07 Å². The summed E-state index contributed by atoms with van der Waals surface area (Å²) in [4.78, 5) is 2.42. The molecule has 0 aliphatic carbocycles. The zero-order valence-corrected chi connectivity index (χ0v) is 12.7. The smallest absolute Gasteiger partial charge is 0.128 e. The first-order chi connectivity index (χ1) is 9.63. The molecule has 1 aromatic carbocycles. The molecule has 1 N–H and O–H groups in total. The Labute approximate surface area is 121 Å². The second-order valence-electron chi connectivity index (χ2n) is 5.55. The number of nitrogens with one attached hydrogen (secondary N) is 1. The summed E-state index contributed by atoms with van der Waals surface area (Å²) in [5.41, 5.74) is 0.617. The Morgan fingerprint density at radius 2 is 2.00 bits per heavy atom. The lowest BCUT2D eigenvalue weighted by Gasteiger charge is -2.48. The van der Waals surface area contributed by atoms with Crippen LogP contribution < -0.4 is 5.32 Å². The van der Waals surface area contributed by atoms with E-state index in [-0.39, 0.29) is 17.4 Å². The normalized spacial score (nSPS) is 21.4. The molecule has 0 bridgehead atoms. The molecule has 2 rings (SSSR count). The highest BCUT2D eigenvalue weighted by atomic mass is 19.1. The molecule has 20 heavy (non-hydrogen) atoms. The number of halogens is 1. The molecule has 0 spiro atoms. The summed E-state index contributed by atoms with van der Waals surface area (Å²) in [5, 5.41) is 3.33. The highest BCUT2D eigenvalue weighted by molar-refractivity contribution is 5.25. The number of likely N-dealkylation sites (N-methyl/N-ethyl adjacent to an activating group) is 1. The number of ether oxygens (including phenoxy) is 1. The van der Waals surface area contributed by atoms with E-state index in [9.17, 15) is 4.39 Å². The average Bonchev–Trinajstić information content (AvgIpc) is 2.50. The lowest BCUT2D eigenvalue weighted by Crippen LogP contribution is -2.57. The van der Waals surface area contributed by atoms with Crippen molar-refractivity contribution in [3.05, 3.63) is 35.6 Å². The number of hydrogen-bond donors (Lipinski definition) is 1. The largest absolute Gasteiger partial charge is 0.379 e. The zero-order valence-electron chi connectivity index (χ0n) is 12.7. The molecule has 2 atom stereocenters. The van der Waals surface area contributed by atoms with E-state index in [1.165, 1.54) is 6.07 Å². The predicted octanol–water partition coefficient (Wildman–Crippen LogP) is 2.59. The van der Waals surface area contributed by atoms with Crippen molar-refractivity contribution in [1.82, 2.24) is 10.2 Å². The van der Waals surface area contributed by atoms with E-state index in [1.807, 2.05) is 19.2 Å². The molecule has 1 aliphatic rings. The van der Waals surface area contributed by atoms with Gasteiger partial charge in [-0.25, -0.2) is 4.39 Å². The summed E-state index contributed by atoms with van der Waals surface area (Å²) in [6.45, 7) is 7.69. The summed E-state index contributed by atoms with van der Waals surface area (Å²) in [5.74, 6) is -0.139. The van der Waals surface area contributed by atoms with Crippen LogP contribution in [0.3, 0.4) is 0 Å². The van der Waals surface area contributed by atoms with Crippen LogP contribution in [-0.4, -0.2) is 43.8 Å². The van der Waals surface area contributed by atoms with Gasteiger partial charge in [0.15, 0.2) is 0 Å². The van der Waals surface area contributed by atoms with Crippen molar-refractivity contribution in [2.24, 2.45) is 0 Å². The fourth-order valence-corrected chi connectivity index (χ4v) is 3.20. The second-order valence-corrected chi connectivity index (χ2v) is 5.55. The van der Waals surface area contributed by atoms with Crippen LogP contribution >= 0.6 is 0 Å². The molecule has 1 fully saturated rings. The third-order valence-corrected chi connectivity index (χ3v) is 4.58. The van der Waals surface area contributed by atoms with Crippen LogP contribution in [0, 0.1) is 5.82 Å². The van der Waals surface area contributed by atoms with Gasteiger partial charge in [-0.15, -0.1) is 0 Å². The lowest BCUT2D eigenvalue weighted by atomic mass is 9.82. The summed E-state index contributed by atoms with van der Waals surface area (Å²) in [6, 6.07) is 7.02. The number of rotatable bonds is 5. The molecular formula is C16H25FN2O. The first-order valence-corrected chi connectivity index (χ1v) is 7.38. The van der Waals surface area contributed by atoms with Crippen LogP contribution in [0.15, 0.2) is 24.3 Å². The molecule has 0 aromatic heterocycles. The predicted molar refractivity (Wildman–Crippen MR) is 79.3 cm³/mol. The maximum Gasteiger partial charge on any atom is 0.128 e. The lowest BCUT2D eigenvalue weighted by molar-refractivity contribution is -0.0323. The Morgan fingerprint density at radius 1 is 1.35 bits per heavy atom. The minimum absolute atomic E-state index is 0.0354. The third-order valence-electron chi connectivity index (χ3n) is 4.58. The van der Waals surface area contributed by atoms with Crippen molar-refractivity contribution in [3.63, 3.8) is 0 Å². The third kappa shape index (κ3) is 2.87. The fourth-order valence-electron chi connectivity index (χ4n) is 3.20. The number of benzene rings is 1. The van der Waals surface area contributed by atoms with E-state index in [2.05, 4.69) is 24.1 Å². The SMILES string of the molecule is CCC(C)(C(NC)c1ccccc1F)N1CCOCC1. The van der Waals surface area contributed by atoms with E-state index in [4.69, 9.17) is 4.74 Å². The molecule has 2 unspecified atom stereocenters. The molecule has 0 saturated carbocycles. The van der Waals surface area contributed by atoms with Gasteiger partial charge in [-0.1, -0.05) is 25.1 Å². The van der Waals surface area contributed by atoms with Gasteiger partial charge in [0.25, 0.3) is 0 Å². The molecule has 1 aliphatic heterocycles. The van der Waals surface area contributed by atoms with Crippen LogP contribution in [0.25, 0.3) is 0 Å². The molecule has 1 saturated heterocycles. The quantitative estimate of drug-likeness (QED) is 0.897. The van der Waals surface area contributed by atoms with E-state index in [0.717, 1.165) is 38.3 Å². The topological polar surface area (TPSA) is 24.5 Å². The van der Waals surface area contributed by atoms with Crippen molar-refractivity contribution < 1.29 is 9.13 Å². The van der Waals surface area contributed by atoms with Crippen molar-refractivity contribution in [2.45, 2.75) is 31.8 Å². The maximum absolute atomic E-state index is 14.2. The van der Waals surface area contributed by atoms with Crippen molar-refractivity contribution in [1.29, 1.82) is 0 Å². The Morgan fingerprint density at radius 3 is 2.55 bits per heavy atom.